The van der Waals surface area contributed by atoms with E-state index in [-0.39, 0.29) is 11.0 Å². The molecule has 5 nitrogen and oxygen atoms in total. The molecule has 0 aliphatic carbocycles. The Hall–Kier alpha value is -3.08. The monoisotopic (exact) mass is 350 g/mol. The minimum atomic E-state index is -0.440. The lowest BCUT2D eigenvalue weighted by molar-refractivity contribution is 0.102. The number of nitrogens with one attached hydrogen (secondary N) is 1. The molecular weight excluding hydrogens is 328 g/mol. The third-order valence-electron chi connectivity index (χ3n) is 4.42. The number of rotatable bonds is 4. The molecule has 0 radical (unpaired) electrons. The number of fused-ring (bicyclic) bond motifs is 1. The highest BCUT2D eigenvalue weighted by Crippen LogP contribution is 2.25. The van der Waals surface area contributed by atoms with Crippen LogP contribution in [0.2, 0.25) is 0 Å². The maximum atomic E-state index is 12.9. The predicted molar refractivity (Wildman–Crippen MR) is 104 cm³/mol. The lowest BCUT2D eigenvalue weighted by Gasteiger charge is -2.14. The molecule has 1 N–H and O–H groups in total. The van der Waals surface area contributed by atoms with Crippen molar-refractivity contribution in [3.8, 4) is 5.75 Å². The Morgan fingerprint density at radius 1 is 1.12 bits per heavy atom. The van der Waals surface area contributed by atoms with Crippen LogP contribution in [0.3, 0.4) is 0 Å². The molecule has 2 aromatic carbocycles. The summed E-state index contributed by atoms with van der Waals surface area (Å²) in [6, 6.07) is 11.2. The van der Waals surface area contributed by atoms with E-state index in [4.69, 9.17) is 4.74 Å². The predicted octanol–water partition coefficient (Wildman–Crippen LogP) is 3.90. The largest absolute Gasteiger partial charge is 0.495 e. The van der Waals surface area contributed by atoms with Crippen LogP contribution in [-0.4, -0.2) is 17.6 Å². The van der Waals surface area contributed by atoms with Gasteiger partial charge < -0.3 is 14.6 Å². The van der Waals surface area contributed by atoms with Crippen molar-refractivity contribution in [3.63, 3.8) is 0 Å². The highest BCUT2D eigenvalue weighted by Gasteiger charge is 2.17. The van der Waals surface area contributed by atoms with Gasteiger partial charge in [0.1, 0.15) is 11.3 Å². The molecule has 134 valence electrons. The first kappa shape index (κ1) is 17.7. The Morgan fingerprint density at radius 3 is 2.50 bits per heavy atom. The summed E-state index contributed by atoms with van der Waals surface area (Å²) in [4.78, 5) is 25.7. The smallest absolute Gasteiger partial charge is 0.261 e. The number of carbonyl (C=O) groups is 1. The van der Waals surface area contributed by atoms with Crippen LogP contribution in [-0.2, 0) is 6.54 Å². The maximum absolute atomic E-state index is 12.9. The maximum Gasteiger partial charge on any atom is 0.261 e. The summed E-state index contributed by atoms with van der Waals surface area (Å²) in [5.41, 5.74) is 3.19. The zero-order chi connectivity index (χ0) is 18.8. The van der Waals surface area contributed by atoms with E-state index in [1.165, 1.54) is 0 Å². The molecule has 3 rings (SSSR count). The molecule has 1 heterocycles. The summed E-state index contributed by atoms with van der Waals surface area (Å²) in [5.74, 6) is 0.112. The van der Waals surface area contributed by atoms with Gasteiger partial charge in [0.25, 0.3) is 5.91 Å². The van der Waals surface area contributed by atoms with E-state index in [0.29, 0.717) is 23.4 Å². The second-order valence-electron chi connectivity index (χ2n) is 6.34. The fraction of sp³-hybridized carbons (Fsp3) is 0.238. The van der Waals surface area contributed by atoms with Crippen LogP contribution in [0.1, 0.15) is 28.4 Å². The van der Waals surface area contributed by atoms with Gasteiger partial charge in [-0.25, -0.2) is 0 Å². The van der Waals surface area contributed by atoms with E-state index >= 15 is 0 Å². The number of carbonyl (C=O) groups excluding carboxylic acids is 1. The molecule has 0 unspecified atom stereocenters. The van der Waals surface area contributed by atoms with Gasteiger partial charge in [-0.15, -0.1) is 0 Å². The zero-order valence-electron chi connectivity index (χ0n) is 15.4. The molecular formula is C21H22N2O3. The second-order valence-corrected chi connectivity index (χ2v) is 6.34. The Labute approximate surface area is 152 Å². The number of nitrogens with zero attached hydrogens (tertiary/aromatic N) is 1. The molecule has 0 aliphatic rings. The van der Waals surface area contributed by atoms with Crippen LogP contribution in [0.25, 0.3) is 10.9 Å². The van der Waals surface area contributed by atoms with Gasteiger partial charge in [-0.2, -0.15) is 0 Å². The first-order valence-electron chi connectivity index (χ1n) is 8.54. The minimum absolute atomic E-state index is 0.119. The molecule has 0 fully saturated rings. The lowest BCUT2D eigenvalue weighted by atomic mass is 10.1. The first-order chi connectivity index (χ1) is 12.4. The van der Waals surface area contributed by atoms with E-state index < -0.39 is 5.91 Å². The molecule has 26 heavy (non-hydrogen) atoms. The Balaban J connectivity index is 2.10. The van der Waals surface area contributed by atoms with Gasteiger partial charge in [-0.05, 0) is 50.6 Å². The molecule has 0 atom stereocenters. The van der Waals surface area contributed by atoms with Crippen molar-refractivity contribution in [2.45, 2.75) is 27.3 Å². The third kappa shape index (κ3) is 3.20. The van der Waals surface area contributed by atoms with Gasteiger partial charge in [-0.3, -0.25) is 9.59 Å². The molecule has 3 aromatic rings. The SMILES string of the molecule is CCn1cc(C(=O)Nc2cc(C)ccc2OC)c(=O)c2cc(C)ccc21. The molecule has 0 bridgehead atoms. The van der Waals surface area contributed by atoms with E-state index in [9.17, 15) is 9.59 Å². The molecule has 0 saturated heterocycles. The first-order valence-corrected chi connectivity index (χ1v) is 8.54. The zero-order valence-corrected chi connectivity index (χ0v) is 15.4. The van der Waals surface area contributed by atoms with Gasteiger partial charge in [-0.1, -0.05) is 17.7 Å². The average Bonchev–Trinajstić information content (AvgIpc) is 2.62. The fourth-order valence-electron chi connectivity index (χ4n) is 3.04. The van der Waals surface area contributed by atoms with Crippen LogP contribution < -0.4 is 15.5 Å². The number of aromatic nitrogens is 1. The van der Waals surface area contributed by atoms with Gasteiger partial charge >= 0.3 is 0 Å². The van der Waals surface area contributed by atoms with Crippen LogP contribution in [0, 0.1) is 13.8 Å². The Bertz CT molecular complexity index is 1050. The van der Waals surface area contributed by atoms with E-state index in [1.807, 2.05) is 55.7 Å². The number of aryl methyl sites for hydroxylation is 3. The summed E-state index contributed by atoms with van der Waals surface area (Å²) in [7, 11) is 1.54. The van der Waals surface area contributed by atoms with E-state index in [2.05, 4.69) is 5.32 Å². The molecule has 0 saturated carbocycles. The van der Waals surface area contributed by atoms with Gasteiger partial charge in [0.15, 0.2) is 0 Å². The number of hydrogen-bond acceptors (Lipinski definition) is 3. The average molecular weight is 350 g/mol. The van der Waals surface area contributed by atoms with Crippen LogP contribution in [0.4, 0.5) is 5.69 Å². The quantitative estimate of drug-likeness (QED) is 0.776. The van der Waals surface area contributed by atoms with Crippen LogP contribution in [0.5, 0.6) is 5.75 Å². The van der Waals surface area contributed by atoms with Crippen molar-refractivity contribution >= 4 is 22.5 Å². The number of ether oxygens (including phenoxy) is 1. The van der Waals surface area contributed by atoms with Crippen molar-refractivity contribution in [3.05, 3.63) is 69.5 Å². The van der Waals surface area contributed by atoms with E-state index in [1.54, 1.807) is 19.4 Å². The number of pyridine rings is 1. The Morgan fingerprint density at radius 2 is 1.81 bits per heavy atom. The normalized spacial score (nSPS) is 10.8. The van der Waals surface area contributed by atoms with Crippen LogP contribution in [0.15, 0.2) is 47.4 Å². The van der Waals surface area contributed by atoms with Gasteiger partial charge in [0.05, 0.1) is 18.3 Å². The molecule has 5 heteroatoms. The summed E-state index contributed by atoms with van der Waals surface area (Å²) < 4.78 is 7.22. The number of hydrogen-bond donors (Lipinski definition) is 1. The van der Waals surface area contributed by atoms with Crippen molar-refractivity contribution < 1.29 is 9.53 Å². The fourth-order valence-corrected chi connectivity index (χ4v) is 3.04. The summed E-state index contributed by atoms with van der Waals surface area (Å²) in [6.45, 7) is 6.50. The molecule has 1 amide bonds. The summed E-state index contributed by atoms with van der Waals surface area (Å²) in [5, 5.41) is 3.36. The minimum Gasteiger partial charge on any atom is -0.495 e. The van der Waals surface area contributed by atoms with Crippen molar-refractivity contribution in [2.24, 2.45) is 0 Å². The summed E-state index contributed by atoms with van der Waals surface area (Å²) in [6.07, 6.45) is 1.62. The molecule has 0 aliphatic heterocycles. The number of amides is 1. The lowest BCUT2D eigenvalue weighted by Crippen LogP contribution is -2.24. The van der Waals surface area contributed by atoms with Crippen molar-refractivity contribution in [2.75, 3.05) is 12.4 Å². The highest BCUT2D eigenvalue weighted by atomic mass is 16.5. The molecule has 1 aromatic heterocycles. The number of anilines is 1. The van der Waals surface area contributed by atoms with Crippen LogP contribution >= 0.6 is 0 Å². The Kier molecular flexibility index (Phi) is 4.80. The van der Waals surface area contributed by atoms with E-state index in [0.717, 1.165) is 16.6 Å². The second kappa shape index (κ2) is 7.04. The number of methoxy groups -OCH3 is 1. The van der Waals surface area contributed by atoms with Crippen molar-refractivity contribution in [1.29, 1.82) is 0 Å². The standard InChI is InChI=1S/C21H22N2O3/c1-5-23-12-16(20(24)15-10-13(2)6-8-18(15)23)21(25)22-17-11-14(3)7-9-19(17)26-4/h6-12H,5H2,1-4H3,(H,22,25). The topological polar surface area (TPSA) is 60.3 Å². The third-order valence-corrected chi connectivity index (χ3v) is 4.42. The van der Waals surface area contributed by atoms with Gasteiger partial charge in [0, 0.05) is 18.1 Å². The highest BCUT2D eigenvalue weighted by molar-refractivity contribution is 6.06. The summed E-state index contributed by atoms with van der Waals surface area (Å²) >= 11 is 0. The number of benzene rings is 2. The van der Waals surface area contributed by atoms with Gasteiger partial charge in [0.2, 0.25) is 5.43 Å². The van der Waals surface area contributed by atoms with Crippen molar-refractivity contribution in [1.82, 2.24) is 4.57 Å². The molecule has 0 spiro atoms.